The molecule has 8 heteroatoms. The number of nitrogens with zero attached hydrogens (tertiary/aromatic N) is 3. The standard InChI is InChI=1S/C33H28FN3O3S/c1-4-26-29(32(39)40-3)30(21-12-6-5-7-13-21)37-31(38)28(41-33(37)35-26)18-24-20(2)36(27-17-11-9-15-23(24)27)19-22-14-8-10-16-25(22)34/h5-18,30H,4,19H2,1-3H3/b28-18+/t30-/m1/s1. The summed E-state index contributed by atoms with van der Waals surface area (Å²) in [5.74, 6) is -0.755. The molecule has 0 radical (unpaired) electrons. The Morgan fingerprint density at radius 1 is 1.05 bits per heavy atom. The molecule has 0 fully saturated rings. The van der Waals surface area contributed by atoms with Gasteiger partial charge in [0.2, 0.25) is 0 Å². The maximum atomic E-state index is 14.6. The summed E-state index contributed by atoms with van der Waals surface area (Å²) in [5, 5.41) is 0.969. The summed E-state index contributed by atoms with van der Waals surface area (Å²) < 4.78 is 23.9. The molecule has 1 atom stereocenters. The molecule has 2 aromatic heterocycles. The average Bonchev–Trinajstić information content (AvgIpc) is 3.45. The van der Waals surface area contributed by atoms with Gasteiger partial charge < -0.3 is 9.30 Å². The van der Waals surface area contributed by atoms with E-state index in [4.69, 9.17) is 9.73 Å². The molecule has 1 aliphatic rings. The van der Waals surface area contributed by atoms with E-state index in [1.165, 1.54) is 24.5 Å². The van der Waals surface area contributed by atoms with Crippen molar-refractivity contribution < 1.29 is 13.9 Å². The van der Waals surface area contributed by atoms with Crippen molar-refractivity contribution in [2.24, 2.45) is 4.99 Å². The molecule has 0 N–H and O–H groups in total. The van der Waals surface area contributed by atoms with Crippen LogP contribution < -0.4 is 14.9 Å². The molecular formula is C33H28FN3O3S. The number of thiazole rings is 1. The van der Waals surface area contributed by atoms with Crippen molar-refractivity contribution >= 4 is 34.3 Å². The molecule has 0 saturated heterocycles. The number of hydrogen-bond acceptors (Lipinski definition) is 5. The molecule has 0 bridgehead atoms. The lowest BCUT2D eigenvalue weighted by Crippen LogP contribution is -2.40. The van der Waals surface area contributed by atoms with E-state index in [-0.39, 0.29) is 11.4 Å². The first-order valence-corrected chi connectivity index (χ1v) is 14.2. The number of fused-ring (bicyclic) bond motifs is 2. The predicted molar refractivity (Wildman–Crippen MR) is 159 cm³/mol. The summed E-state index contributed by atoms with van der Waals surface area (Å²) >= 11 is 1.30. The maximum absolute atomic E-state index is 14.6. The van der Waals surface area contributed by atoms with Crippen molar-refractivity contribution in [2.45, 2.75) is 32.9 Å². The lowest BCUT2D eigenvalue weighted by Gasteiger charge is -2.25. The molecule has 206 valence electrons. The van der Waals surface area contributed by atoms with Crippen LogP contribution in [0.5, 0.6) is 0 Å². The maximum Gasteiger partial charge on any atom is 0.338 e. The second-order valence-electron chi connectivity index (χ2n) is 9.89. The number of carbonyl (C=O) groups is 1. The fraction of sp³-hybridized carbons (Fsp3) is 0.182. The molecule has 0 aliphatic carbocycles. The summed E-state index contributed by atoms with van der Waals surface area (Å²) in [6, 6.07) is 23.5. The predicted octanol–water partition coefficient (Wildman–Crippen LogP) is 5.25. The highest BCUT2D eigenvalue weighted by Crippen LogP contribution is 2.32. The minimum Gasteiger partial charge on any atom is -0.466 e. The Bertz CT molecular complexity index is 2020. The molecule has 0 amide bonds. The molecule has 1 aliphatic heterocycles. The van der Waals surface area contributed by atoms with Crippen LogP contribution in [0.1, 0.15) is 41.8 Å². The highest BCUT2D eigenvalue weighted by Gasteiger charge is 2.33. The molecule has 3 aromatic carbocycles. The van der Waals surface area contributed by atoms with E-state index >= 15 is 0 Å². The average molecular weight is 566 g/mol. The first-order chi connectivity index (χ1) is 19.9. The molecule has 6 nitrogen and oxygen atoms in total. The van der Waals surface area contributed by atoms with Gasteiger partial charge in [0.15, 0.2) is 4.80 Å². The molecule has 0 saturated carbocycles. The van der Waals surface area contributed by atoms with Gasteiger partial charge in [-0.1, -0.05) is 85.0 Å². The highest BCUT2D eigenvalue weighted by atomic mass is 32.1. The molecule has 0 spiro atoms. The van der Waals surface area contributed by atoms with Crippen LogP contribution in [0.15, 0.2) is 99.9 Å². The highest BCUT2D eigenvalue weighted by molar-refractivity contribution is 7.07. The van der Waals surface area contributed by atoms with Crippen LogP contribution in [0, 0.1) is 12.7 Å². The topological polar surface area (TPSA) is 65.6 Å². The Morgan fingerprint density at radius 2 is 1.76 bits per heavy atom. The van der Waals surface area contributed by atoms with Crippen LogP contribution in [0.25, 0.3) is 17.0 Å². The van der Waals surface area contributed by atoms with Crippen LogP contribution in [0.3, 0.4) is 0 Å². The monoisotopic (exact) mass is 565 g/mol. The number of benzene rings is 3. The quantitative estimate of drug-likeness (QED) is 0.264. The van der Waals surface area contributed by atoms with Crippen LogP contribution in [0.4, 0.5) is 4.39 Å². The normalized spacial score (nSPS) is 15.2. The number of halogens is 1. The number of hydrogen-bond donors (Lipinski definition) is 0. The number of carbonyl (C=O) groups excluding carboxylic acids is 1. The van der Waals surface area contributed by atoms with Crippen molar-refractivity contribution in [3.63, 3.8) is 0 Å². The van der Waals surface area contributed by atoms with E-state index in [0.717, 1.165) is 27.7 Å². The zero-order valence-electron chi connectivity index (χ0n) is 22.9. The minimum absolute atomic E-state index is 0.232. The Balaban J connectivity index is 1.57. The van der Waals surface area contributed by atoms with Gasteiger partial charge >= 0.3 is 5.97 Å². The third-order valence-corrected chi connectivity index (χ3v) is 8.59. The minimum atomic E-state index is -0.652. The van der Waals surface area contributed by atoms with Gasteiger partial charge in [-0.25, -0.2) is 14.2 Å². The number of esters is 1. The number of allylic oxidation sites excluding steroid dienone is 1. The summed E-state index contributed by atoms with van der Waals surface area (Å²) in [4.78, 5) is 32.4. The van der Waals surface area contributed by atoms with E-state index < -0.39 is 12.0 Å². The Morgan fingerprint density at radius 3 is 2.49 bits per heavy atom. The first-order valence-electron chi connectivity index (χ1n) is 13.4. The largest absolute Gasteiger partial charge is 0.466 e. The van der Waals surface area contributed by atoms with Crippen LogP contribution in [0.2, 0.25) is 0 Å². The van der Waals surface area contributed by atoms with Crippen molar-refractivity contribution in [1.82, 2.24) is 9.13 Å². The lowest BCUT2D eigenvalue weighted by molar-refractivity contribution is -0.136. The van der Waals surface area contributed by atoms with Gasteiger partial charge in [-0.05, 0) is 37.1 Å². The molecular weight excluding hydrogens is 537 g/mol. The van der Waals surface area contributed by atoms with Crippen LogP contribution in [-0.2, 0) is 16.1 Å². The third kappa shape index (κ3) is 4.54. The van der Waals surface area contributed by atoms with E-state index in [9.17, 15) is 14.0 Å². The van der Waals surface area contributed by atoms with E-state index in [1.807, 2.05) is 80.6 Å². The number of para-hydroxylation sites is 1. The molecule has 41 heavy (non-hydrogen) atoms. The molecule has 0 unspecified atom stereocenters. The van der Waals surface area contributed by atoms with E-state index in [0.29, 0.717) is 39.1 Å². The second kappa shape index (κ2) is 10.8. The van der Waals surface area contributed by atoms with Gasteiger partial charge in [0.1, 0.15) is 5.82 Å². The summed E-state index contributed by atoms with van der Waals surface area (Å²) in [6.07, 6.45) is 2.41. The zero-order chi connectivity index (χ0) is 28.7. The third-order valence-electron chi connectivity index (χ3n) is 7.61. The summed E-state index contributed by atoms with van der Waals surface area (Å²) in [5.41, 5.74) is 4.91. The number of methoxy groups -OCH3 is 1. The smallest absolute Gasteiger partial charge is 0.338 e. The van der Waals surface area contributed by atoms with Gasteiger partial charge in [0.05, 0.1) is 35.5 Å². The summed E-state index contributed by atoms with van der Waals surface area (Å²) in [7, 11) is 1.34. The van der Waals surface area contributed by atoms with Crippen molar-refractivity contribution in [2.75, 3.05) is 7.11 Å². The van der Waals surface area contributed by atoms with Gasteiger partial charge in [-0.15, -0.1) is 0 Å². The first kappa shape index (κ1) is 26.7. The Labute approximate surface area is 240 Å². The van der Waals surface area contributed by atoms with Gasteiger partial charge in [0.25, 0.3) is 5.56 Å². The SMILES string of the molecule is CCC1=C(C(=O)OC)[C@@H](c2ccccc2)n2c(s/c(=C/c3c(C)n(Cc4ccccc4F)c4ccccc34)c2=O)=N1. The van der Waals surface area contributed by atoms with Crippen molar-refractivity contribution in [3.05, 3.63) is 138 Å². The van der Waals surface area contributed by atoms with Crippen molar-refractivity contribution in [3.8, 4) is 0 Å². The molecule has 5 aromatic rings. The van der Waals surface area contributed by atoms with Gasteiger partial charge in [-0.3, -0.25) is 9.36 Å². The van der Waals surface area contributed by atoms with Crippen molar-refractivity contribution in [1.29, 1.82) is 0 Å². The fourth-order valence-corrected chi connectivity index (χ4v) is 6.59. The van der Waals surface area contributed by atoms with E-state index in [2.05, 4.69) is 4.57 Å². The van der Waals surface area contributed by atoms with Gasteiger partial charge in [-0.2, -0.15) is 0 Å². The number of ether oxygens (including phenoxy) is 1. The van der Waals surface area contributed by atoms with Gasteiger partial charge in [0, 0.05) is 27.7 Å². The molecule has 6 rings (SSSR count). The second-order valence-corrected chi connectivity index (χ2v) is 10.9. The molecule has 3 heterocycles. The zero-order valence-corrected chi connectivity index (χ0v) is 23.7. The Hall–Kier alpha value is -4.56. The van der Waals surface area contributed by atoms with E-state index in [1.54, 1.807) is 16.7 Å². The number of rotatable bonds is 6. The Kier molecular flexibility index (Phi) is 7.01. The lowest BCUT2D eigenvalue weighted by atomic mass is 9.95. The summed E-state index contributed by atoms with van der Waals surface area (Å²) in [6.45, 7) is 4.29. The number of aromatic nitrogens is 2. The van der Waals surface area contributed by atoms with Crippen LogP contribution >= 0.6 is 11.3 Å². The van der Waals surface area contributed by atoms with Crippen LogP contribution in [-0.4, -0.2) is 22.2 Å². The fourth-order valence-electron chi connectivity index (χ4n) is 5.59.